The number of carbonyl (C=O) groups excluding carboxylic acids is 1. The van der Waals surface area contributed by atoms with E-state index in [4.69, 9.17) is 0 Å². The van der Waals surface area contributed by atoms with Crippen LogP contribution in [0.2, 0.25) is 0 Å². The van der Waals surface area contributed by atoms with Crippen LogP contribution in [0, 0.1) is 5.92 Å². The number of rotatable bonds is 8. The van der Waals surface area contributed by atoms with Crippen LogP contribution in [0.15, 0.2) is 35.2 Å². The van der Waals surface area contributed by atoms with E-state index < -0.39 is 10.0 Å². The van der Waals surface area contributed by atoms with Gasteiger partial charge in [-0.2, -0.15) is 4.31 Å². The quantitative estimate of drug-likeness (QED) is 0.701. The smallest absolute Gasteiger partial charge is 0.243 e. The Morgan fingerprint density at radius 2 is 1.90 bits per heavy atom. The maximum absolute atomic E-state index is 12.9. The number of benzene rings is 1. The fraction of sp³-hybridized carbons (Fsp3) is 0.682. The lowest BCUT2D eigenvalue weighted by Gasteiger charge is -2.36. The van der Waals surface area contributed by atoms with Crippen LogP contribution >= 0.6 is 0 Å². The van der Waals surface area contributed by atoms with Crippen molar-refractivity contribution in [1.29, 1.82) is 0 Å². The van der Waals surface area contributed by atoms with E-state index in [9.17, 15) is 13.2 Å². The Morgan fingerprint density at radius 1 is 1.10 bits per heavy atom. The third-order valence-electron chi connectivity index (χ3n) is 6.20. The first kappa shape index (κ1) is 22.2. The Labute approximate surface area is 175 Å². The molecule has 1 amide bonds. The third kappa shape index (κ3) is 5.80. The number of amides is 1. The molecule has 1 N–H and O–H groups in total. The number of nitrogens with zero attached hydrogens (tertiary/aromatic N) is 2. The highest BCUT2D eigenvalue weighted by molar-refractivity contribution is 7.89. The first-order valence-corrected chi connectivity index (χ1v) is 12.5. The SMILES string of the molecule is CCCCN1CCCCC1CNC(=O)C1CCCN(S(=O)(=O)c2ccccc2)C1. The van der Waals surface area contributed by atoms with Crippen molar-refractivity contribution in [3.63, 3.8) is 0 Å². The van der Waals surface area contributed by atoms with Crippen molar-refractivity contribution in [1.82, 2.24) is 14.5 Å². The first-order valence-electron chi connectivity index (χ1n) is 11.1. The predicted octanol–water partition coefficient (Wildman–Crippen LogP) is 2.86. The Kier molecular flexibility index (Phi) is 8.09. The summed E-state index contributed by atoms with van der Waals surface area (Å²) in [6.07, 6.45) is 7.43. The van der Waals surface area contributed by atoms with Gasteiger partial charge >= 0.3 is 0 Å². The second-order valence-corrected chi connectivity index (χ2v) is 10.2. The fourth-order valence-electron chi connectivity index (χ4n) is 4.43. The largest absolute Gasteiger partial charge is 0.354 e. The predicted molar refractivity (Wildman–Crippen MR) is 115 cm³/mol. The lowest BCUT2D eigenvalue weighted by atomic mass is 9.97. The van der Waals surface area contributed by atoms with E-state index in [0.717, 1.165) is 32.4 Å². The molecule has 29 heavy (non-hydrogen) atoms. The Bertz CT molecular complexity index is 754. The molecule has 0 aromatic heterocycles. The van der Waals surface area contributed by atoms with Gasteiger partial charge in [0.15, 0.2) is 0 Å². The molecule has 2 heterocycles. The number of carbonyl (C=O) groups is 1. The third-order valence-corrected chi connectivity index (χ3v) is 8.08. The molecule has 0 saturated carbocycles. The number of unbranched alkanes of at least 4 members (excludes halogenated alkanes) is 1. The molecule has 162 valence electrons. The van der Waals surface area contributed by atoms with E-state index in [1.807, 2.05) is 0 Å². The minimum absolute atomic E-state index is 0.000948. The van der Waals surface area contributed by atoms with Crippen LogP contribution in [0.4, 0.5) is 0 Å². The standard InChI is InChI=1S/C22H35N3O3S/c1-2-3-14-24-15-8-7-11-20(24)17-23-22(26)19-10-9-16-25(18-19)29(27,28)21-12-5-4-6-13-21/h4-6,12-13,19-20H,2-3,7-11,14-18H2,1H3,(H,23,26). The zero-order valence-electron chi connectivity index (χ0n) is 17.6. The molecule has 6 nitrogen and oxygen atoms in total. The van der Waals surface area contributed by atoms with E-state index in [-0.39, 0.29) is 18.4 Å². The molecule has 2 atom stereocenters. The lowest BCUT2D eigenvalue weighted by Crippen LogP contribution is -2.50. The van der Waals surface area contributed by atoms with Gasteiger partial charge in [0.25, 0.3) is 0 Å². The fourth-order valence-corrected chi connectivity index (χ4v) is 5.97. The van der Waals surface area contributed by atoms with Crippen molar-refractivity contribution in [2.45, 2.75) is 62.8 Å². The zero-order chi connectivity index (χ0) is 20.7. The van der Waals surface area contributed by atoms with Crippen LogP contribution in [0.25, 0.3) is 0 Å². The normalized spacial score (nSPS) is 24.3. The molecule has 2 aliphatic heterocycles. The molecule has 2 unspecified atom stereocenters. The van der Waals surface area contributed by atoms with Crippen molar-refractivity contribution in [3.05, 3.63) is 30.3 Å². The second kappa shape index (κ2) is 10.5. The highest BCUT2D eigenvalue weighted by Gasteiger charge is 2.33. The number of nitrogens with one attached hydrogen (secondary N) is 1. The highest BCUT2D eigenvalue weighted by atomic mass is 32.2. The van der Waals surface area contributed by atoms with Crippen molar-refractivity contribution in [2.75, 3.05) is 32.7 Å². The zero-order valence-corrected chi connectivity index (χ0v) is 18.4. The summed E-state index contributed by atoms with van der Waals surface area (Å²) in [6, 6.07) is 8.91. The van der Waals surface area contributed by atoms with Crippen LogP contribution in [0.1, 0.15) is 51.9 Å². The maximum atomic E-state index is 12.9. The molecule has 0 aliphatic carbocycles. The maximum Gasteiger partial charge on any atom is 0.243 e. The van der Waals surface area contributed by atoms with Crippen LogP contribution in [0.3, 0.4) is 0 Å². The molecule has 2 fully saturated rings. The summed E-state index contributed by atoms with van der Waals surface area (Å²) in [5.74, 6) is -0.270. The summed E-state index contributed by atoms with van der Waals surface area (Å²) in [6.45, 7) is 5.85. The number of hydrogen-bond donors (Lipinski definition) is 1. The van der Waals surface area contributed by atoms with Gasteiger partial charge in [-0.1, -0.05) is 38.0 Å². The number of piperidine rings is 2. The molecule has 1 aromatic rings. The van der Waals surface area contributed by atoms with Crippen molar-refractivity contribution >= 4 is 15.9 Å². The Morgan fingerprint density at radius 3 is 2.66 bits per heavy atom. The molecular weight excluding hydrogens is 386 g/mol. The number of hydrogen-bond acceptors (Lipinski definition) is 4. The molecular formula is C22H35N3O3S. The van der Waals surface area contributed by atoms with Crippen LogP contribution in [0.5, 0.6) is 0 Å². The van der Waals surface area contributed by atoms with Gasteiger partial charge in [0, 0.05) is 25.7 Å². The van der Waals surface area contributed by atoms with Gasteiger partial charge in [-0.15, -0.1) is 0 Å². The number of likely N-dealkylation sites (tertiary alicyclic amines) is 1. The van der Waals surface area contributed by atoms with Gasteiger partial charge in [-0.05, 0) is 57.3 Å². The average molecular weight is 422 g/mol. The Balaban J connectivity index is 1.55. The first-order chi connectivity index (χ1) is 14.0. The minimum atomic E-state index is -3.54. The average Bonchev–Trinajstić information content (AvgIpc) is 2.77. The Hall–Kier alpha value is -1.44. The van der Waals surface area contributed by atoms with E-state index in [1.165, 1.54) is 30.0 Å². The second-order valence-electron chi connectivity index (χ2n) is 8.30. The molecule has 0 bridgehead atoms. The highest BCUT2D eigenvalue weighted by Crippen LogP contribution is 2.24. The topological polar surface area (TPSA) is 69.7 Å². The summed E-state index contributed by atoms with van der Waals surface area (Å²) in [5, 5.41) is 3.14. The molecule has 0 spiro atoms. The van der Waals surface area contributed by atoms with Crippen molar-refractivity contribution in [3.8, 4) is 0 Å². The van der Waals surface area contributed by atoms with E-state index in [2.05, 4.69) is 17.1 Å². The summed E-state index contributed by atoms with van der Waals surface area (Å²) < 4.78 is 27.3. The molecule has 7 heteroatoms. The van der Waals surface area contributed by atoms with E-state index in [0.29, 0.717) is 24.0 Å². The van der Waals surface area contributed by atoms with E-state index >= 15 is 0 Å². The summed E-state index contributed by atoms with van der Waals surface area (Å²) in [5.41, 5.74) is 0. The van der Waals surface area contributed by atoms with Crippen molar-refractivity contribution in [2.24, 2.45) is 5.92 Å². The molecule has 1 aromatic carbocycles. The van der Waals surface area contributed by atoms with Gasteiger partial charge in [-0.25, -0.2) is 8.42 Å². The van der Waals surface area contributed by atoms with Crippen LogP contribution < -0.4 is 5.32 Å². The van der Waals surface area contributed by atoms with Gasteiger partial charge in [-0.3, -0.25) is 9.69 Å². The van der Waals surface area contributed by atoms with Crippen molar-refractivity contribution < 1.29 is 13.2 Å². The molecule has 3 rings (SSSR count). The van der Waals surface area contributed by atoms with Crippen LogP contribution in [-0.4, -0.2) is 62.3 Å². The monoisotopic (exact) mass is 421 g/mol. The summed E-state index contributed by atoms with van der Waals surface area (Å²) in [4.78, 5) is 15.6. The van der Waals surface area contributed by atoms with Gasteiger partial charge in [0.1, 0.15) is 0 Å². The minimum Gasteiger partial charge on any atom is -0.354 e. The number of sulfonamides is 1. The summed E-state index contributed by atoms with van der Waals surface area (Å²) in [7, 11) is -3.54. The van der Waals surface area contributed by atoms with Crippen LogP contribution in [-0.2, 0) is 14.8 Å². The summed E-state index contributed by atoms with van der Waals surface area (Å²) >= 11 is 0. The van der Waals surface area contributed by atoms with Gasteiger partial charge < -0.3 is 5.32 Å². The lowest BCUT2D eigenvalue weighted by molar-refractivity contribution is -0.126. The molecule has 2 saturated heterocycles. The van der Waals surface area contributed by atoms with E-state index in [1.54, 1.807) is 30.3 Å². The van der Waals surface area contributed by atoms with Gasteiger partial charge in [0.2, 0.25) is 15.9 Å². The molecule has 2 aliphatic rings. The van der Waals surface area contributed by atoms with Gasteiger partial charge in [0.05, 0.1) is 10.8 Å². The molecule has 0 radical (unpaired) electrons.